The van der Waals surface area contributed by atoms with Gasteiger partial charge in [-0.05, 0) is 12.8 Å². The second kappa shape index (κ2) is 3.89. The Labute approximate surface area is 90.1 Å². The second-order valence-corrected chi connectivity index (χ2v) is 4.09. The molecule has 0 aromatic carbocycles. The van der Waals surface area contributed by atoms with Crippen LogP contribution >= 0.6 is 0 Å². The van der Waals surface area contributed by atoms with Gasteiger partial charge in [-0.25, -0.2) is 13.5 Å². The van der Waals surface area contributed by atoms with Crippen molar-refractivity contribution in [2.45, 2.75) is 25.8 Å². The normalized spacial score (nSPS) is 17.8. The summed E-state index contributed by atoms with van der Waals surface area (Å²) in [6, 6.07) is 0. The molecule has 0 radical (unpaired) electrons. The number of aromatic nitrogens is 3. The topological polar surface area (TPSA) is 68.0 Å². The van der Waals surface area contributed by atoms with Gasteiger partial charge in [-0.1, -0.05) is 5.21 Å². The van der Waals surface area contributed by atoms with Crippen LogP contribution in [0.3, 0.4) is 0 Å². The molecule has 1 aliphatic rings. The molecule has 1 fully saturated rings. The number of rotatable bonds is 5. The molecule has 7 heteroatoms. The van der Waals surface area contributed by atoms with Crippen molar-refractivity contribution >= 4 is 6.29 Å². The molecule has 0 amide bonds. The van der Waals surface area contributed by atoms with E-state index in [2.05, 4.69) is 10.3 Å². The number of aliphatic hydroxyl groups excluding tert-OH is 1. The average Bonchev–Trinajstić information content (AvgIpc) is 2.90. The van der Waals surface area contributed by atoms with Crippen LogP contribution in [0.15, 0.2) is 0 Å². The molecule has 0 bridgehead atoms. The number of aldehydes is 1. The molecular formula is C9H11F2N3O2. The van der Waals surface area contributed by atoms with Gasteiger partial charge in [-0.15, -0.1) is 5.10 Å². The zero-order valence-electron chi connectivity index (χ0n) is 8.44. The van der Waals surface area contributed by atoms with E-state index in [1.54, 1.807) is 0 Å². The minimum Gasteiger partial charge on any atom is -0.396 e. The van der Waals surface area contributed by atoms with Gasteiger partial charge in [0.15, 0.2) is 12.0 Å². The molecule has 0 atom stereocenters. The van der Waals surface area contributed by atoms with Crippen molar-refractivity contribution in [3.63, 3.8) is 0 Å². The number of aliphatic hydroxyl groups is 1. The van der Waals surface area contributed by atoms with E-state index in [0.717, 1.165) is 17.5 Å². The molecule has 0 spiro atoms. The van der Waals surface area contributed by atoms with Crippen LogP contribution in [0.25, 0.3) is 0 Å². The van der Waals surface area contributed by atoms with Gasteiger partial charge in [0.2, 0.25) is 0 Å². The molecule has 0 aliphatic heterocycles. The summed E-state index contributed by atoms with van der Waals surface area (Å²) >= 11 is 0. The van der Waals surface area contributed by atoms with Crippen LogP contribution in [-0.2, 0) is 6.54 Å². The summed E-state index contributed by atoms with van der Waals surface area (Å²) in [6.45, 7) is 0.121. The third-order valence-corrected chi connectivity index (χ3v) is 2.90. The van der Waals surface area contributed by atoms with Crippen LogP contribution in [0.4, 0.5) is 8.78 Å². The third kappa shape index (κ3) is 1.82. The van der Waals surface area contributed by atoms with E-state index in [9.17, 15) is 13.6 Å². The summed E-state index contributed by atoms with van der Waals surface area (Å²) in [4.78, 5) is 10.5. The van der Waals surface area contributed by atoms with Gasteiger partial charge in [-0.2, -0.15) is 0 Å². The SMILES string of the molecule is O=Cc1nnn(CC2(CO)CC2)c1C(F)F. The second-order valence-electron chi connectivity index (χ2n) is 4.09. The number of carbonyl (C=O) groups is 1. The lowest BCUT2D eigenvalue weighted by Gasteiger charge is -2.12. The smallest absolute Gasteiger partial charge is 0.282 e. The molecule has 5 nitrogen and oxygen atoms in total. The summed E-state index contributed by atoms with van der Waals surface area (Å²) in [7, 11) is 0. The fourth-order valence-corrected chi connectivity index (χ4v) is 1.62. The molecule has 1 aromatic heterocycles. The van der Waals surface area contributed by atoms with Crippen LogP contribution < -0.4 is 0 Å². The summed E-state index contributed by atoms with van der Waals surface area (Å²) in [5.41, 5.74) is -1.14. The van der Waals surface area contributed by atoms with E-state index in [4.69, 9.17) is 5.11 Å². The summed E-state index contributed by atoms with van der Waals surface area (Å²) < 4.78 is 26.4. The Kier molecular flexibility index (Phi) is 2.71. The minimum absolute atomic E-state index is 0.0635. The first kappa shape index (κ1) is 11.1. The Hall–Kier alpha value is -1.37. The first-order valence-electron chi connectivity index (χ1n) is 4.89. The Balaban J connectivity index is 2.27. The van der Waals surface area contributed by atoms with Crippen LogP contribution in [-0.4, -0.2) is 33.0 Å². The Morgan fingerprint density at radius 2 is 2.25 bits per heavy atom. The predicted octanol–water partition coefficient (Wildman–Crippen LogP) is 0.801. The third-order valence-electron chi connectivity index (χ3n) is 2.90. The predicted molar refractivity (Wildman–Crippen MR) is 49.1 cm³/mol. The molecule has 16 heavy (non-hydrogen) atoms. The minimum atomic E-state index is -2.79. The highest BCUT2D eigenvalue weighted by atomic mass is 19.3. The summed E-state index contributed by atoms with van der Waals surface area (Å²) in [5.74, 6) is 0. The highest BCUT2D eigenvalue weighted by Crippen LogP contribution is 2.46. The van der Waals surface area contributed by atoms with Crippen LogP contribution in [0.5, 0.6) is 0 Å². The van der Waals surface area contributed by atoms with Crippen molar-refractivity contribution in [3.8, 4) is 0 Å². The van der Waals surface area contributed by atoms with Gasteiger partial charge in [0, 0.05) is 5.41 Å². The van der Waals surface area contributed by atoms with Crippen LogP contribution in [0.2, 0.25) is 0 Å². The number of alkyl halides is 2. The van der Waals surface area contributed by atoms with Gasteiger partial charge in [0.1, 0.15) is 5.69 Å². The summed E-state index contributed by atoms with van der Waals surface area (Å²) in [5, 5.41) is 16.0. The van der Waals surface area contributed by atoms with Crippen LogP contribution in [0.1, 0.15) is 35.4 Å². The lowest BCUT2D eigenvalue weighted by Crippen LogP contribution is -2.19. The summed E-state index contributed by atoms with van der Waals surface area (Å²) in [6.07, 6.45) is -0.960. The fourth-order valence-electron chi connectivity index (χ4n) is 1.62. The highest BCUT2D eigenvalue weighted by Gasteiger charge is 2.43. The van der Waals surface area contributed by atoms with E-state index in [0.29, 0.717) is 0 Å². The quantitative estimate of drug-likeness (QED) is 0.761. The lowest BCUT2D eigenvalue weighted by atomic mass is 10.1. The van der Waals surface area contributed by atoms with E-state index in [1.165, 1.54) is 0 Å². The number of halogens is 2. The Morgan fingerprint density at radius 3 is 2.69 bits per heavy atom. The fraction of sp³-hybridized carbons (Fsp3) is 0.667. The molecule has 0 saturated heterocycles. The Bertz CT molecular complexity index is 401. The van der Waals surface area contributed by atoms with Crippen molar-refractivity contribution < 1.29 is 18.7 Å². The highest BCUT2D eigenvalue weighted by molar-refractivity contribution is 5.73. The van der Waals surface area contributed by atoms with Gasteiger partial charge in [0.25, 0.3) is 6.43 Å². The van der Waals surface area contributed by atoms with Crippen molar-refractivity contribution in [3.05, 3.63) is 11.4 Å². The van der Waals surface area contributed by atoms with Crippen molar-refractivity contribution in [2.75, 3.05) is 6.61 Å². The first-order valence-corrected chi connectivity index (χ1v) is 4.89. The standard InChI is InChI=1S/C9H11F2N3O2/c10-8(11)7-6(3-15)12-13-14(7)4-9(5-16)1-2-9/h3,8,16H,1-2,4-5H2. The average molecular weight is 231 g/mol. The zero-order chi connectivity index (χ0) is 11.8. The van der Waals surface area contributed by atoms with E-state index >= 15 is 0 Å². The van der Waals surface area contributed by atoms with E-state index in [1.807, 2.05) is 0 Å². The molecular weight excluding hydrogens is 220 g/mol. The first-order chi connectivity index (χ1) is 7.62. The van der Waals surface area contributed by atoms with Gasteiger partial charge >= 0.3 is 0 Å². The monoisotopic (exact) mass is 231 g/mol. The number of hydrogen-bond donors (Lipinski definition) is 1. The molecule has 88 valence electrons. The maximum atomic E-state index is 12.7. The van der Waals surface area contributed by atoms with E-state index < -0.39 is 12.1 Å². The molecule has 2 rings (SSSR count). The Morgan fingerprint density at radius 1 is 1.56 bits per heavy atom. The zero-order valence-corrected chi connectivity index (χ0v) is 8.44. The molecule has 0 unspecified atom stereocenters. The number of hydrogen-bond acceptors (Lipinski definition) is 4. The molecule has 1 aromatic rings. The van der Waals surface area contributed by atoms with Gasteiger partial charge in [-0.3, -0.25) is 4.79 Å². The van der Waals surface area contributed by atoms with Gasteiger partial charge in [0.05, 0.1) is 13.2 Å². The van der Waals surface area contributed by atoms with Crippen molar-refractivity contribution in [2.24, 2.45) is 5.41 Å². The largest absolute Gasteiger partial charge is 0.396 e. The maximum absolute atomic E-state index is 12.7. The number of carbonyl (C=O) groups excluding carboxylic acids is 1. The molecule has 1 heterocycles. The van der Waals surface area contributed by atoms with Crippen LogP contribution in [0, 0.1) is 5.41 Å². The maximum Gasteiger partial charge on any atom is 0.282 e. The van der Waals surface area contributed by atoms with Crippen molar-refractivity contribution in [1.29, 1.82) is 0 Å². The van der Waals surface area contributed by atoms with Gasteiger partial charge < -0.3 is 5.11 Å². The molecule has 1 N–H and O–H groups in total. The lowest BCUT2D eigenvalue weighted by molar-refractivity contribution is 0.109. The molecule has 1 aliphatic carbocycles. The number of nitrogens with zero attached hydrogens (tertiary/aromatic N) is 3. The molecule has 1 saturated carbocycles. The van der Waals surface area contributed by atoms with E-state index in [-0.39, 0.29) is 30.5 Å². The van der Waals surface area contributed by atoms with Crippen molar-refractivity contribution in [1.82, 2.24) is 15.0 Å².